The fraction of sp³-hybridized carbons (Fsp3) is 0.474. The van der Waals surface area contributed by atoms with Crippen molar-refractivity contribution in [1.29, 1.82) is 0 Å². The van der Waals surface area contributed by atoms with Crippen LogP contribution in [0, 0.1) is 13.8 Å². The first kappa shape index (κ1) is 16.8. The molecule has 4 heterocycles. The largest absolute Gasteiger partial charge is 0.334 e. The molecule has 136 valence electrons. The van der Waals surface area contributed by atoms with Crippen LogP contribution in [0.25, 0.3) is 5.65 Å². The summed E-state index contributed by atoms with van der Waals surface area (Å²) in [6.45, 7) is 5.33. The second-order valence-electron chi connectivity index (χ2n) is 7.01. The highest BCUT2D eigenvalue weighted by atomic mass is 16.2. The van der Waals surface area contributed by atoms with E-state index in [1.165, 1.54) is 0 Å². The summed E-state index contributed by atoms with van der Waals surface area (Å²) in [7, 11) is 0. The average Bonchev–Trinajstić information content (AvgIpc) is 3.23. The number of fused-ring (bicyclic) bond motifs is 1. The van der Waals surface area contributed by atoms with Crippen LogP contribution in [0.5, 0.6) is 0 Å². The molecule has 26 heavy (non-hydrogen) atoms. The normalized spacial score (nSPS) is 17.8. The fourth-order valence-electron chi connectivity index (χ4n) is 3.68. The van der Waals surface area contributed by atoms with Crippen molar-refractivity contribution in [3.05, 3.63) is 47.7 Å². The summed E-state index contributed by atoms with van der Waals surface area (Å²) in [6, 6.07) is 5.97. The maximum absolute atomic E-state index is 12.9. The van der Waals surface area contributed by atoms with E-state index in [2.05, 4.69) is 10.2 Å². The Hall–Kier alpha value is -2.70. The smallest absolute Gasteiger partial charge is 0.224 e. The molecule has 0 aliphatic carbocycles. The molecule has 0 saturated carbocycles. The van der Waals surface area contributed by atoms with Crippen molar-refractivity contribution in [2.24, 2.45) is 0 Å². The van der Waals surface area contributed by atoms with E-state index in [4.69, 9.17) is 4.98 Å². The van der Waals surface area contributed by atoms with E-state index >= 15 is 0 Å². The summed E-state index contributed by atoms with van der Waals surface area (Å²) in [5, 5.41) is 8.75. The van der Waals surface area contributed by atoms with E-state index in [-0.39, 0.29) is 11.9 Å². The topological polar surface area (TPSA) is 68.3 Å². The lowest BCUT2D eigenvalue weighted by Crippen LogP contribution is -2.39. The van der Waals surface area contributed by atoms with Crippen molar-refractivity contribution in [1.82, 2.24) is 29.3 Å². The third-order valence-electron chi connectivity index (χ3n) is 4.96. The molecule has 1 aliphatic rings. The first-order valence-electron chi connectivity index (χ1n) is 9.22. The van der Waals surface area contributed by atoms with Crippen LogP contribution >= 0.6 is 0 Å². The van der Waals surface area contributed by atoms with Crippen LogP contribution in [0.15, 0.2) is 30.6 Å². The minimum Gasteiger partial charge on any atom is -0.334 e. The Labute approximate surface area is 152 Å². The second-order valence-corrected chi connectivity index (χ2v) is 7.01. The molecule has 4 rings (SSSR count). The van der Waals surface area contributed by atoms with Crippen LogP contribution in [-0.4, -0.2) is 41.7 Å². The Balaban J connectivity index is 1.51. The van der Waals surface area contributed by atoms with Crippen LogP contribution in [-0.2, 0) is 11.3 Å². The first-order chi connectivity index (χ1) is 12.6. The van der Waals surface area contributed by atoms with Crippen molar-refractivity contribution in [3.63, 3.8) is 0 Å². The van der Waals surface area contributed by atoms with Gasteiger partial charge in [-0.3, -0.25) is 9.48 Å². The quantitative estimate of drug-likeness (QED) is 0.724. The summed E-state index contributed by atoms with van der Waals surface area (Å²) in [6.07, 6.45) is 7.46. The third kappa shape index (κ3) is 3.34. The zero-order valence-corrected chi connectivity index (χ0v) is 15.3. The number of carbonyl (C=O) groups is 1. The van der Waals surface area contributed by atoms with E-state index < -0.39 is 0 Å². The molecule has 3 aromatic heterocycles. The fourth-order valence-corrected chi connectivity index (χ4v) is 3.68. The number of piperidine rings is 1. The van der Waals surface area contributed by atoms with Crippen LogP contribution < -0.4 is 0 Å². The predicted octanol–water partition coefficient (Wildman–Crippen LogP) is 2.69. The summed E-state index contributed by atoms with van der Waals surface area (Å²) < 4.78 is 3.62. The zero-order valence-electron chi connectivity index (χ0n) is 15.3. The molecule has 1 fully saturated rings. The summed E-state index contributed by atoms with van der Waals surface area (Å²) in [4.78, 5) is 19.6. The number of hydrogen-bond donors (Lipinski definition) is 0. The van der Waals surface area contributed by atoms with Crippen LogP contribution in [0.3, 0.4) is 0 Å². The van der Waals surface area contributed by atoms with E-state index in [0.29, 0.717) is 13.0 Å². The summed E-state index contributed by atoms with van der Waals surface area (Å²) in [5.74, 6) is 0.175. The lowest BCUT2D eigenvalue weighted by atomic mass is 9.98. The van der Waals surface area contributed by atoms with E-state index in [9.17, 15) is 4.79 Å². The second kappa shape index (κ2) is 6.90. The molecular formula is C19H24N6O. The Morgan fingerprint density at radius 3 is 2.85 bits per heavy atom. The monoisotopic (exact) mass is 352 g/mol. The SMILES string of the molecule is Cc1ccn(CCC(=O)N2CCCC[C@@H]2c2ccn3nc(C)cc3n2)n1. The molecule has 0 radical (unpaired) electrons. The van der Waals surface area contributed by atoms with E-state index in [1.807, 2.05) is 54.0 Å². The minimum absolute atomic E-state index is 0.0517. The van der Waals surface area contributed by atoms with Gasteiger partial charge in [0.25, 0.3) is 0 Å². The van der Waals surface area contributed by atoms with Crippen molar-refractivity contribution in [3.8, 4) is 0 Å². The molecule has 0 unspecified atom stereocenters. The maximum atomic E-state index is 12.9. The molecule has 1 amide bonds. The molecule has 3 aromatic rings. The molecule has 0 aromatic carbocycles. The van der Waals surface area contributed by atoms with Crippen LogP contribution in [0.1, 0.15) is 48.8 Å². The average molecular weight is 352 g/mol. The van der Waals surface area contributed by atoms with Gasteiger partial charge in [0, 0.05) is 38.0 Å². The molecule has 1 atom stereocenters. The summed E-state index contributed by atoms with van der Waals surface area (Å²) >= 11 is 0. The number of hydrogen-bond acceptors (Lipinski definition) is 4. The van der Waals surface area contributed by atoms with Gasteiger partial charge in [-0.1, -0.05) is 0 Å². The van der Waals surface area contributed by atoms with Gasteiger partial charge in [-0.25, -0.2) is 9.50 Å². The van der Waals surface area contributed by atoms with Crippen molar-refractivity contribution < 1.29 is 4.79 Å². The zero-order chi connectivity index (χ0) is 18.1. The Bertz CT molecular complexity index is 927. The van der Waals surface area contributed by atoms with Crippen molar-refractivity contribution in [2.45, 2.75) is 52.1 Å². The lowest BCUT2D eigenvalue weighted by molar-refractivity contribution is -0.135. The van der Waals surface area contributed by atoms with Gasteiger partial charge in [0.05, 0.1) is 23.1 Å². The van der Waals surface area contributed by atoms with E-state index in [0.717, 1.165) is 48.5 Å². The highest BCUT2D eigenvalue weighted by Gasteiger charge is 2.29. The Morgan fingerprint density at radius 2 is 2.04 bits per heavy atom. The van der Waals surface area contributed by atoms with Gasteiger partial charge in [0.2, 0.25) is 5.91 Å². The number of carbonyl (C=O) groups excluding carboxylic acids is 1. The molecule has 1 saturated heterocycles. The van der Waals surface area contributed by atoms with Gasteiger partial charge in [-0.05, 0) is 45.2 Å². The molecule has 0 bridgehead atoms. The Kier molecular flexibility index (Phi) is 4.44. The molecule has 7 nitrogen and oxygen atoms in total. The number of amides is 1. The van der Waals surface area contributed by atoms with Gasteiger partial charge in [-0.15, -0.1) is 0 Å². The molecule has 1 aliphatic heterocycles. The van der Waals surface area contributed by atoms with Gasteiger partial charge >= 0.3 is 0 Å². The minimum atomic E-state index is 0.0517. The summed E-state index contributed by atoms with van der Waals surface area (Å²) in [5.41, 5.74) is 3.72. The number of aryl methyl sites for hydroxylation is 3. The van der Waals surface area contributed by atoms with Gasteiger partial charge in [0.15, 0.2) is 5.65 Å². The van der Waals surface area contributed by atoms with Crippen LogP contribution in [0.4, 0.5) is 0 Å². The third-order valence-corrected chi connectivity index (χ3v) is 4.96. The number of likely N-dealkylation sites (tertiary alicyclic amines) is 1. The molecular weight excluding hydrogens is 328 g/mol. The number of nitrogens with zero attached hydrogens (tertiary/aromatic N) is 6. The van der Waals surface area contributed by atoms with Gasteiger partial charge in [0.1, 0.15) is 0 Å². The lowest BCUT2D eigenvalue weighted by Gasteiger charge is -2.35. The number of aromatic nitrogens is 5. The van der Waals surface area contributed by atoms with Gasteiger partial charge in [-0.2, -0.15) is 10.2 Å². The van der Waals surface area contributed by atoms with Gasteiger partial charge < -0.3 is 4.90 Å². The highest BCUT2D eigenvalue weighted by Crippen LogP contribution is 2.30. The number of rotatable bonds is 4. The molecule has 0 N–H and O–H groups in total. The molecule has 7 heteroatoms. The van der Waals surface area contributed by atoms with E-state index in [1.54, 1.807) is 4.52 Å². The standard InChI is InChI=1S/C19H24N6O/c1-14-6-10-23(21-14)11-8-19(26)24-9-4-3-5-17(24)16-7-12-25-18(20-16)13-15(2)22-25/h6-7,10,12-13,17H,3-5,8-9,11H2,1-2H3/t17-/m1/s1. The molecule has 0 spiro atoms. The Morgan fingerprint density at radius 1 is 1.15 bits per heavy atom. The van der Waals surface area contributed by atoms with Crippen molar-refractivity contribution >= 4 is 11.6 Å². The van der Waals surface area contributed by atoms with Crippen molar-refractivity contribution in [2.75, 3.05) is 6.54 Å². The highest BCUT2D eigenvalue weighted by molar-refractivity contribution is 5.76. The van der Waals surface area contributed by atoms with Crippen LogP contribution in [0.2, 0.25) is 0 Å². The maximum Gasteiger partial charge on any atom is 0.224 e. The first-order valence-corrected chi connectivity index (χ1v) is 9.22. The predicted molar refractivity (Wildman–Crippen MR) is 97.6 cm³/mol.